The van der Waals surface area contributed by atoms with E-state index in [-0.39, 0.29) is 11.9 Å². The van der Waals surface area contributed by atoms with E-state index in [9.17, 15) is 9.59 Å². The first-order valence-corrected chi connectivity index (χ1v) is 12.2. The van der Waals surface area contributed by atoms with Gasteiger partial charge < -0.3 is 13.9 Å². The zero-order valence-corrected chi connectivity index (χ0v) is 21.0. The topological polar surface area (TPSA) is 90.7 Å². The molecule has 1 heterocycles. The number of esters is 1. The third-order valence-electron chi connectivity index (χ3n) is 6.76. The van der Waals surface area contributed by atoms with Crippen LogP contribution < -0.4 is 5.32 Å². The van der Waals surface area contributed by atoms with Crippen LogP contribution in [-0.2, 0) is 19.7 Å². The largest absolute Gasteiger partial charge is 0.468 e. The molecule has 1 saturated carbocycles. The normalized spacial score (nSPS) is 14.5. The zero-order chi connectivity index (χ0) is 26.0. The first-order valence-electron chi connectivity index (χ1n) is 12.2. The highest BCUT2D eigenvalue weighted by Gasteiger charge is 2.52. The van der Waals surface area contributed by atoms with Gasteiger partial charge in [0.2, 0.25) is 5.88 Å². The number of anilines is 1. The molecule has 7 heteroatoms. The second-order valence-electron chi connectivity index (χ2n) is 9.22. The molecule has 0 spiro atoms. The van der Waals surface area contributed by atoms with E-state index in [0.717, 1.165) is 40.7 Å². The summed E-state index contributed by atoms with van der Waals surface area (Å²) in [7, 11) is 1.43. The minimum Gasteiger partial charge on any atom is -0.468 e. The maximum Gasteiger partial charge on any atom is 0.414 e. The monoisotopic (exact) mass is 496 g/mol. The molecule has 1 N–H and O–H groups in total. The molecule has 5 rings (SSSR count). The van der Waals surface area contributed by atoms with Crippen LogP contribution in [0.15, 0.2) is 83.3 Å². The highest BCUT2D eigenvalue weighted by atomic mass is 16.6. The lowest BCUT2D eigenvalue weighted by molar-refractivity contribution is -0.143. The fourth-order valence-electron chi connectivity index (χ4n) is 4.52. The van der Waals surface area contributed by atoms with Crippen LogP contribution in [0.1, 0.15) is 42.9 Å². The second-order valence-corrected chi connectivity index (χ2v) is 9.22. The average molecular weight is 497 g/mol. The van der Waals surface area contributed by atoms with Crippen LogP contribution in [0.25, 0.3) is 22.4 Å². The number of nitrogens with zero attached hydrogens (tertiary/aromatic N) is 1. The van der Waals surface area contributed by atoms with E-state index >= 15 is 0 Å². The number of nitrogens with one attached hydrogen (secondary N) is 1. The zero-order valence-electron chi connectivity index (χ0n) is 21.0. The minimum absolute atomic E-state index is 0.171. The number of rotatable bonds is 7. The molecule has 1 atom stereocenters. The predicted molar refractivity (Wildman–Crippen MR) is 140 cm³/mol. The molecule has 0 radical (unpaired) electrons. The van der Waals surface area contributed by atoms with Gasteiger partial charge >= 0.3 is 12.1 Å². The van der Waals surface area contributed by atoms with Crippen LogP contribution in [0, 0.1) is 6.92 Å². The maximum atomic E-state index is 12.5. The summed E-state index contributed by atoms with van der Waals surface area (Å²) in [6, 6.07) is 25.4. The number of aryl methyl sites for hydroxylation is 1. The molecule has 1 fully saturated rings. The van der Waals surface area contributed by atoms with Crippen LogP contribution in [-0.4, -0.2) is 24.2 Å². The van der Waals surface area contributed by atoms with Crippen LogP contribution >= 0.6 is 0 Å². The number of benzene rings is 3. The molecule has 1 unspecified atom stereocenters. The van der Waals surface area contributed by atoms with E-state index in [0.29, 0.717) is 11.6 Å². The van der Waals surface area contributed by atoms with E-state index in [1.807, 2.05) is 85.8 Å². The van der Waals surface area contributed by atoms with E-state index in [4.69, 9.17) is 13.9 Å². The van der Waals surface area contributed by atoms with E-state index in [2.05, 4.69) is 10.3 Å². The van der Waals surface area contributed by atoms with Gasteiger partial charge in [0.1, 0.15) is 11.8 Å². The van der Waals surface area contributed by atoms with Crippen LogP contribution in [0.5, 0.6) is 0 Å². The summed E-state index contributed by atoms with van der Waals surface area (Å²) in [5.41, 5.74) is 4.78. The number of hydrogen-bond acceptors (Lipinski definition) is 6. The van der Waals surface area contributed by atoms with Gasteiger partial charge in [0.15, 0.2) is 5.89 Å². The Kier molecular flexibility index (Phi) is 6.53. The number of ether oxygens (including phenoxy) is 2. The number of carbonyl (C=O) groups excluding carboxylic acids is 2. The second kappa shape index (κ2) is 9.93. The molecule has 7 nitrogen and oxygen atoms in total. The van der Waals surface area contributed by atoms with Crippen molar-refractivity contribution in [1.82, 2.24) is 4.98 Å². The maximum absolute atomic E-state index is 12.5. The molecule has 188 valence electrons. The van der Waals surface area contributed by atoms with Gasteiger partial charge in [-0.15, -0.1) is 0 Å². The lowest BCUT2D eigenvalue weighted by atomic mass is 9.93. The highest BCUT2D eigenvalue weighted by Crippen LogP contribution is 2.49. The van der Waals surface area contributed by atoms with Crippen molar-refractivity contribution in [3.05, 3.63) is 95.9 Å². The fraction of sp³-hybridized carbons (Fsp3) is 0.233. The summed E-state index contributed by atoms with van der Waals surface area (Å²) in [5.74, 6) is 0.494. The van der Waals surface area contributed by atoms with Gasteiger partial charge in [-0.1, -0.05) is 78.9 Å². The number of carbonyl (C=O) groups is 2. The van der Waals surface area contributed by atoms with E-state index < -0.39 is 17.6 Å². The Bertz CT molecular complexity index is 1400. The van der Waals surface area contributed by atoms with Gasteiger partial charge in [-0.2, -0.15) is 0 Å². The van der Waals surface area contributed by atoms with E-state index in [1.165, 1.54) is 7.11 Å². The molecule has 1 aromatic heterocycles. The Morgan fingerprint density at radius 1 is 0.919 bits per heavy atom. The highest BCUT2D eigenvalue weighted by molar-refractivity contribution is 5.88. The predicted octanol–water partition coefficient (Wildman–Crippen LogP) is 6.83. The Morgan fingerprint density at radius 3 is 2.11 bits per heavy atom. The van der Waals surface area contributed by atoms with Gasteiger partial charge in [-0.05, 0) is 42.0 Å². The molecule has 3 aromatic carbocycles. The van der Waals surface area contributed by atoms with Crippen molar-refractivity contribution in [2.75, 3.05) is 12.4 Å². The molecule has 4 aromatic rings. The molecule has 1 aliphatic rings. The molecule has 0 saturated heterocycles. The van der Waals surface area contributed by atoms with Gasteiger partial charge in [-0.25, -0.2) is 9.78 Å². The van der Waals surface area contributed by atoms with Crippen LogP contribution in [0.3, 0.4) is 0 Å². The number of methoxy groups -OCH3 is 1. The third kappa shape index (κ3) is 4.98. The van der Waals surface area contributed by atoms with Crippen molar-refractivity contribution in [3.8, 4) is 22.4 Å². The fourth-order valence-corrected chi connectivity index (χ4v) is 4.52. The summed E-state index contributed by atoms with van der Waals surface area (Å²) in [4.78, 5) is 29.2. The van der Waals surface area contributed by atoms with Crippen molar-refractivity contribution in [2.45, 2.75) is 38.2 Å². The number of amides is 1. The van der Waals surface area contributed by atoms with Crippen molar-refractivity contribution >= 4 is 17.9 Å². The Balaban J connectivity index is 1.29. The molecule has 0 bridgehead atoms. The summed E-state index contributed by atoms with van der Waals surface area (Å²) in [6.45, 7) is 3.54. The Morgan fingerprint density at radius 2 is 1.51 bits per heavy atom. The SMILES string of the molecule is COC(=O)C1(c2ccc(-c3ccc(-c4nc(C)oc4NC(=O)OC(C)c4ccccc4)cc3)cc2)CC1. The first kappa shape index (κ1) is 24.3. The molecule has 1 amide bonds. The van der Waals surface area contributed by atoms with Gasteiger partial charge in [0.05, 0.1) is 12.5 Å². The average Bonchev–Trinajstić information content (AvgIpc) is 3.66. The lowest BCUT2D eigenvalue weighted by Crippen LogP contribution is -2.21. The molecule has 0 aliphatic heterocycles. The standard InChI is InChI=1S/C30H28N2O5/c1-19(21-7-5-4-6-8-21)36-29(34)32-27-26(31-20(2)37-27)24-11-9-22(10-12-24)23-13-15-25(16-14-23)30(17-18-30)28(33)35-3/h4-16,19H,17-18H2,1-3H3,(H,32,34). The first-order chi connectivity index (χ1) is 17.9. The molecule has 1 aliphatic carbocycles. The number of oxazole rings is 1. The van der Waals surface area contributed by atoms with Gasteiger partial charge in [0, 0.05) is 12.5 Å². The lowest BCUT2D eigenvalue weighted by Gasteiger charge is -2.14. The van der Waals surface area contributed by atoms with Crippen molar-refractivity contribution in [2.24, 2.45) is 0 Å². The number of hydrogen-bond donors (Lipinski definition) is 1. The summed E-state index contributed by atoms with van der Waals surface area (Å²) in [6.07, 6.45) is 0.604. The van der Waals surface area contributed by atoms with Crippen molar-refractivity contribution in [3.63, 3.8) is 0 Å². The Labute approximate surface area is 215 Å². The minimum atomic E-state index is -0.620. The molecular weight excluding hydrogens is 468 g/mol. The van der Waals surface area contributed by atoms with Crippen LogP contribution in [0.2, 0.25) is 0 Å². The molecular formula is C30H28N2O5. The van der Waals surface area contributed by atoms with Crippen LogP contribution in [0.4, 0.5) is 10.7 Å². The summed E-state index contributed by atoms with van der Waals surface area (Å²) >= 11 is 0. The Hall–Kier alpha value is -4.39. The van der Waals surface area contributed by atoms with E-state index in [1.54, 1.807) is 6.92 Å². The summed E-state index contributed by atoms with van der Waals surface area (Å²) in [5, 5.41) is 2.69. The third-order valence-corrected chi connectivity index (χ3v) is 6.76. The van der Waals surface area contributed by atoms with Crippen molar-refractivity contribution in [1.29, 1.82) is 0 Å². The number of aromatic nitrogens is 1. The molecule has 37 heavy (non-hydrogen) atoms. The van der Waals surface area contributed by atoms with Gasteiger partial charge in [0.25, 0.3) is 0 Å². The smallest absolute Gasteiger partial charge is 0.414 e. The quantitative estimate of drug-likeness (QED) is 0.282. The van der Waals surface area contributed by atoms with Gasteiger partial charge in [-0.3, -0.25) is 10.1 Å². The van der Waals surface area contributed by atoms with Crippen molar-refractivity contribution < 1.29 is 23.5 Å². The summed E-state index contributed by atoms with van der Waals surface area (Å²) < 4.78 is 16.2.